The van der Waals surface area contributed by atoms with Crippen molar-refractivity contribution in [3.8, 4) is 0 Å². The number of amides is 1. The number of rotatable bonds is 4. The van der Waals surface area contributed by atoms with Crippen LogP contribution in [0, 0.1) is 10.9 Å². The molecule has 2 N–H and O–H groups in total. The number of aryl methyl sites for hydroxylation is 1. The van der Waals surface area contributed by atoms with Crippen LogP contribution in [0.3, 0.4) is 0 Å². The molecular formula is C20H16ClN3O2S2. The number of aromatic amines is 1. The van der Waals surface area contributed by atoms with E-state index in [9.17, 15) is 9.59 Å². The summed E-state index contributed by atoms with van der Waals surface area (Å²) in [4.78, 5) is 28.5. The van der Waals surface area contributed by atoms with Gasteiger partial charge in [0.1, 0.15) is 10.5 Å². The van der Waals surface area contributed by atoms with Crippen LogP contribution in [0.25, 0.3) is 16.6 Å². The largest absolute Gasteiger partial charge is 0.351 e. The van der Waals surface area contributed by atoms with Crippen LogP contribution in [0.1, 0.15) is 20.8 Å². The van der Waals surface area contributed by atoms with Gasteiger partial charge in [0, 0.05) is 11.6 Å². The highest BCUT2D eigenvalue weighted by molar-refractivity contribution is 7.73. The van der Waals surface area contributed by atoms with Gasteiger partial charge in [0.25, 0.3) is 11.5 Å². The van der Waals surface area contributed by atoms with Crippen molar-refractivity contribution in [2.45, 2.75) is 13.3 Å². The molecule has 5 nitrogen and oxygen atoms in total. The molecule has 4 aromatic rings. The van der Waals surface area contributed by atoms with Crippen LogP contribution in [-0.4, -0.2) is 21.8 Å². The minimum Gasteiger partial charge on any atom is -0.351 e. The third kappa shape index (κ3) is 3.48. The van der Waals surface area contributed by atoms with Gasteiger partial charge in [-0.3, -0.25) is 14.0 Å². The average molecular weight is 430 g/mol. The SMILES string of the molecule is Cc1ccc2c(c1)c(=O)[nH]c1c(C(=O)NCCc3ccc(Cl)cc3)sc(=S)n12. The Labute approximate surface area is 174 Å². The number of benzene rings is 2. The minimum atomic E-state index is -0.255. The summed E-state index contributed by atoms with van der Waals surface area (Å²) in [6.45, 7) is 2.39. The molecule has 2 heterocycles. The number of H-pyrrole nitrogens is 1. The quantitative estimate of drug-likeness (QED) is 0.469. The van der Waals surface area contributed by atoms with E-state index in [1.54, 1.807) is 4.40 Å². The highest BCUT2D eigenvalue weighted by atomic mass is 35.5. The number of nitrogens with one attached hydrogen (secondary N) is 2. The van der Waals surface area contributed by atoms with Gasteiger partial charge < -0.3 is 10.3 Å². The lowest BCUT2D eigenvalue weighted by Gasteiger charge is -2.06. The standard InChI is InChI=1S/C20H16ClN3O2S2/c1-11-2-7-15-14(10-11)18(25)23-17-16(28-20(27)24(15)17)19(26)22-9-8-12-3-5-13(21)6-4-12/h2-7,10H,8-9H2,1H3,(H,22,26)(H,23,25). The zero-order chi connectivity index (χ0) is 19.8. The van der Waals surface area contributed by atoms with E-state index in [-0.39, 0.29) is 11.5 Å². The van der Waals surface area contributed by atoms with Crippen molar-refractivity contribution in [3.05, 3.63) is 77.8 Å². The van der Waals surface area contributed by atoms with E-state index in [1.165, 1.54) is 11.3 Å². The fourth-order valence-electron chi connectivity index (χ4n) is 3.11. The van der Waals surface area contributed by atoms with E-state index >= 15 is 0 Å². The maximum atomic E-state index is 12.7. The molecule has 0 unspecified atom stereocenters. The Morgan fingerprint density at radius 3 is 2.75 bits per heavy atom. The summed E-state index contributed by atoms with van der Waals surface area (Å²) in [6, 6.07) is 13.1. The van der Waals surface area contributed by atoms with Gasteiger partial charge in [0.05, 0.1) is 10.9 Å². The zero-order valence-electron chi connectivity index (χ0n) is 14.9. The Morgan fingerprint density at radius 2 is 2.00 bits per heavy atom. The minimum absolute atomic E-state index is 0.235. The molecule has 0 aliphatic rings. The van der Waals surface area contributed by atoms with Gasteiger partial charge in [-0.25, -0.2) is 0 Å². The van der Waals surface area contributed by atoms with E-state index in [1.807, 2.05) is 49.4 Å². The van der Waals surface area contributed by atoms with E-state index in [2.05, 4.69) is 10.3 Å². The Kier molecular flexibility index (Phi) is 5.05. The molecule has 0 spiro atoms. The fraction of sp³-hybridized carbons (Fsp3) is 0.150. The molecular weight excluding hydrogens is 414 g/mol. The van der Waals surface area contributed by atoms with E-state index < -0.39 is 0 Å². The summed E-state index contributed by atoms with van der Waals surface area (Å²) in [7, 11) is 0. The predicted octanol–water partition coefficient (Wildman–Crippen LogP) is 4.51. The first-order valence-corrected chi connectivity index (χ1v) is 10.2. The number of carbonyl (C=O) groups is 1. The third-order valence-corrected chi connectivity index (χ3v) is 6.12. The molecule has 0 fully saturated rings. The molecule has 2 aromatic carbocycles. The summed E-state index contributed by atoms with van der Waals surface area (Å²) in [5.74, 6) is -0.255. The lowest BCUT2D eigenvalue weighted by molar-refractivity contribution is 0.0959. The second kappa shape index (κ2) is 7.50. The molecule has 8 heteroatoms. The number of halogens is 1. The lowest BCUT2D eigenvalue weighted by Crippen LogP contribution is -2.25. The smallest absolute Gasteiger partial charge is 0.265 e. The Hall–Kier alpha value is -2.48. The maximum absolute atomic E-state index is 12.7. The van der Waals surface area contributed by atoms with Crippen LogP contribution in [0.4, 0.5) is 0 Å². The van der Waals surface area contributed by atoms with Crippen LogP contribution in [0.2, 0.25) is 5.02 Å². The average Bonchev–Trinajstić information content (AvgIpc) is 3.00. The van der Waals surface area contributed by atoms with E-state index in [0.29, 0.717) is 43.4 Å². The predicted molar refractivity (Wildman–Crippen MR) is 116 cm³/mol. The van der Waals surface area contributed by atoms with Gasteiger partial charge in [-0.2, -0.15) is 0 Å². The number of thiazole rings is 1. The van der Waals surface area contributed by atoms with Gasteiger partial charge in [-0.1, -0.05) is 46.7 Å². The Balaban J connectivity index is 1.65. The number of hydrogen-bond donors (Lipinski definition) is 2. The van der Waals surface area contributed by atoms with Crippen LogP contribution in [0.15, 0.2) is 47.3 Å². The molecule has 1 amide bonds. The monoisotopic (exact) mass is 429 g/mol. The van der Waals surface area contributed by atoms with Gasteiger partial charge in [-0.15, -0.1) is 0 Å². The molecule has 4 rings (SSSR count). The van der Waals surface area contributed by atoms with Gasteiger partial charge in [0.15, 0.2) is 3.95 Å². The van der Waals surface area contributed by atoms with Crippen molar-refractivity contribution >= 4 is 57.6 Å². The van der Waals surface area contributed by atoms with Crippen molar-refractivity contribution in [1.29, 1.82) is 0 Å². The summed E-state index contributed by atoms with van der Waals surface area (Å²) >= 11 is 12.5. The number of carbonyl (C=O) groups excluding carboxylic acids is 1. The van der Waals surface area contributed by atoms with Crippen molar-refractivity contribution in [1.82, 2.24) is 14.7 Å². The first-order valence-electron chi connectivity index (χ1n) is 8.65. The van der Waals surface area contributed by atoms with Crippen LogP contribution < -0.4 is 10.9 Å². The molecule has 0 saturated carbocycles. The van der Waals surface area contributed by atoms with Gasteiger partial charge in [0.2, 0.25) is 0 Å². The second-order valence-corrected chi connectivity index (χ2v) is 8.57. The summed E-state index contributed by atoms with van der Waals surface area (Å²) in [6.07, 6.45) is 0.679. The van der Waals surface area contributed by atoms with E-state index in [0.717, 1.165) is 11.1 Å². The number of fused-ring (bicyclic) bond motifs is 3. The van der Waals surface area contributed by atoms with Gasteiger partial charge in [-0.05, 0) is 55.4 Å². The molecule has 0 radical (unpaired) electrons. The van der Waals surface area contributed by atoms with Crippen LogP contribution in [0.5, 0.6) is 0 Å². The first-order chi connectivity index (χ1) is 13.4. The third-order valence-electron chi connectivity index (χ3n) is 4.50. The van der Waals surface area contributed by atoms with Crippen molar-refractivity contribution in [2.75, 3.05) is 6.54 Å². The van der Waals surface area contributed by atoms with E-state index in [4.69, 9.17) is 23.8 Å². The molecule has 2 aromatic heterocycles. The first kappa shape index (κ1) is 18.9. The molecule has 0 aliphatic carbocycles. The number of hydrogen-bond acceptors (Lipinski definition) is 4. The van der Waals surface area contributed by atoms with Crippen molar-refractivity contribution in [2.24, 2.45) is 0 Å². The lowest BCUT2D eigenvalue weighted by atomic mass is 10.1. The highest BCUT2D eigenvalue weighted by Gasteiger charge is 2.17. The summed E-state index contributed by atoms with van der Waals surface area (Å²) in [5, 5.41) is 4.13. The molecule has 28 heavy (non-hydrogen) atoms. The highest BCUT2D eigenvalue weighted by Crippen LogP contribution is 2.23. The topological polar surface area (TPSA) is 66.4 Å². The van der Waals surface area contributed by atoms with Gasteiger partial charge >= 0.3 is 0 Å². The molecule has 0 aliphatic heterocycles. The fourth-order valence-corrected chi connectivity index (χ4v) is 4.54. The number of aromatic nitrogens is 2. The second-order valence-electron chi connectivity index (χ2n) is 6.49. The van der Waals surface area contributed by atoms with Crippen molar-refractivity contribution < 1.29 is 4.79 Å². The van der Waals surface area contributed by atoms with Crippen LogP contribution in [-0.2, 0) is 6.42 Å². The summed E-state index contributed by atoms with van der Waals surface area (Å²) < 4.78 is 2.27. The maximum Gasteiger partial charge on any atom is 0.265 e. The molecule has 0 saturated heterocycles. The normalized spacial score (nSPS) is 11.2. The van der Waals surface area contributed by atoms with Crippen LogP contribution >= 0.6 is 35.2 Å². The molecule has 0 bridgehead atoms. The van der Waals surface area contributed by atoms with Crippen molar-refractivity contribution in [3.63, 3.8) is 0 Å². The summed E-state index contributed by atoms with van der Waals surface area (Å²) in [5.41, 5.74) is 2.96. The Bertz CT molecular complexity index is 1320. The zero-order valence-corrected chi connectivity index (χ0v) is 17.3. The Morgan fingerprint density at radius 1 is 1.25 bits per heavy atom. The number of nitrogens with zero attached hydrogens (tertiary/aromatic N) is 1. The molecule has 142 valence electrons. The molecule has 0 atom stereocenters.